The van der Waals surface area contributed by atoms with E-state index in [2.05, 4.69) is 20.4 Å². The zero-order chi connectivity index (χ0) is 24.6. The smallest absolute Gasteiger partial charge is 0.457 e. The number of fused-ring (bicyclic) bond motifs is 1. The molecule has 1 aromatic heterocycles. The van der Waals surface area contributed by atoms with Gasteiger partial charge in [0.2, 0.25) is 0 Å². The van der Waals surface area contributed by atoms with Crippen LogP contribution in [0.5, 0.6) is 11.5 Å². The van der Waals surface area contributed by atoms with Gasteiger partial charge in [-0.05, 0) is 49.1 Å². The summed E-state index contributed by atoms with van der Waals surface area (Å²) in [7, 11) is 0. The van der Waals surface area contributed by atoms with Crippen LogP contribution in [0.3, 0.4) is 0 Å². The zero-order valence-corrected chi connectivity index (χ0v) is 18.3. The molecule has 2 atom stereocenters. The monoisotopic (exact) mass is 486 g/mol. The van der Waals surface area contributed by atoms with Crippen molar-refractivity contribution in [3.8, 4) is 22.8 Å². The van der Waals surface area contributed by atoms with Crippen LogP contribution in [0.1, 0.15) is 23.3 Å². The molecule has 2 aliphatic rings. The van der Waals surface area contributed by atoms with Gasteiger partial charge < -0.3 is 14.9 Å². The van der Waals surface area contributed by atoms with E-state index in [0.717, 1.165) is 0 Å². The number of halogens is 3. The number of aromatic amines is 1. The van der Waals surface area contributed by atoms with Crippen molar-refractivity contribution in [3.05, 3.63) is 66.4 Å². The van der Waals surface area contributed by atoms with Gasteiger partial charge in [0.05, 0.1) is 11.2 Å². The van der Waals surface area contributed by atoms with E-state index in [0.29, 0.717) is 47.2 Å². The molecule has 11 heteroatoms. The first-order valence-corrected chi connectivity index (χ1v) is 11.0. The molecular weight excluding hydrogens is 465 g/mol. The molecule has 5 rings (SSSR count). The van der Waals surface area contributed by atoms with E-state index in [1.54, 1.807) is 36.4 Å². The van der Waals surface area contributed by atoms with Crippen molar-refractivity contribution in [1.29, 1.82) is 0 Å². The number of para-hydroxylation sites is 2. The normalized spacial score (nSPS) is 21.1. The number of nitrogens with zero attached hydrogens (tertiary/aromatic N) is 2. The maximum absolute atomic E-state index is 13.4. The van der Waals surface area contributed by atoms with Crippen molar-refractivity contribution in [2.75, 3.05) is 13.1 Å². The van der Waals surface area contributed by atoms with Gasteiger partial charge >= 0.3 is 18.1 Å². The van der Waals surface area contributed by atoms with E-state index in [1.807, 2.05) is 18.2 Å². The summed E-state index contributed by atoms with van der Waals surface area (Å²) in [6.07, 6.45) is -4.12. The summed E-state index contributed by atoms with van der Waals surface area (Å²) >= 11 is 0. The third-order valence-corrected chi connectivity index (χ3v) is 6.44. The number of ether oxygens (including phenoxy) is 1. The fraction of sp³-hybridized carbons (Fsp3) is 0.292. The van der Waals surface area contributed by atoms with Gasteiger partial charge in [-0.2, -0.15) is 23.3 Å². The Morgan fingerprint density at radius 2 is 1.83 bits per heavy atom. The number of hydrogen-bond donors (Lipinski definition) is 2. The van der Waals surface area contributed by atoms with Gasteiger partial charge in [0.1, 0.15) is 17.2 Å². The highest BCUT2D eigenvalue weighted by Gasteiger charge is 2.59. The van der Waals surface area contributed by atoms with Crippen LogP contribution in [-0.2, 0) is 9.63 Å². The lowest BCUT2D eigenvalue weighted by molar-refractivity contribution is -0.253. The summed E-state index contributed by atoms with van der Waals surface area (Å²) in [6, 6.07) is 17.5. The van der Waals surface area contributed by atoms with Crippen LogP contribution < -0.4 is 10.1 Å². The van der Waals surface area contributed by atoms with Crippen molar-refractivity contribution in [2.24, 2.45) is 5.92 Å². The van der Waals surface area contributed by atoms with E-state index in [4.69, 9.17) is 4.74 Å². The van der Waals surface area contributed by atoms with Crippen molar-refractivity contribution in [1.82, 2.24) is 20.6 Å². The first kappa shape index (κ1) is 22.9. The third-order valence-electron chi connectivity index (χ3n) is 6.44. The summed E-state index contributed by atoms with van der Waals surface area (Å²) in [5, 5.41) is 10.4. The van der Waals surface area contributed by atoms with E-state index in [1.165, 1.54) is 6.07 Å². The molecule has 0 spiro atoms. The van der Waals surface area contributed by atoms with Crippen LogP contribution in [0, 0.1) is 5.92 Å². The van der Waals surface area contributed by atoms with Crippen molar-refractivity contribution < 1.29 is 32.3 Å². The SMILES string of the molecule is O=C(c1cc(-c2ccccc2Oc2ccccc2)n[nH]1)N(OC(=O)C(F)(F)F)C12CCC1CNC2. The largest absolute Gasteiger partial charge is 0.493 e. The highest BCUT2D eigenvalue weighted by molar-refractivity contribution is 5.94. The summed E-state index contributed by atoms with van der Waals surface area (Å²) in [5.41, 5.74) is -0.240. The number of rotatable bonds is 5. The van der Waals surface area contributed by atoms with Gasteiger partial charge in [-0.15, -0.1) is 0 Å². The van der Waals surface area contributed by atoms with Gasteiger partial charge in [0, 0.05) is 18.7 Å². The number of hydrogen-bond acceptors (Lipinski definition) is 6. The second-order valence-corrected chi connectivity index (χ2v) is 8.52. The fourth-order valence-electron chi connectivity index (χ4n) is 4.54. The minimum absolute atomic E-state index is 0.114. The van der Waals surface area contributed by atoms with Crippen molar-refractivity contribution in [3.63, 3.8) is 0 Å². The molecular formula is C24H21F3N4O4. The number of carbonyl (C=O) groups excluding carboxylic acids is 2. The number of alkyl halides is 3. The van der Waals surface area contributed by atoms with Crippen LogP contribution in [0.25, 0.3) is 11.3 Å². The number of nitrogens with one attached hydrogen (secondary N) is 2. The average molecular weight is 486 g/mol. The Labute approximate surface area is 198 Å². The Balaban J connectivity index is 1.44. The number of benzene rings is 2. The van der Waals surface area contributed by atoms with Crippen molar-refractivity contribution in [2.45, 2.75) is 24.6 Å². The minimum atomic E-state index is -5.24. The number of carbonyl (C=O) groups is 2. The minimum Gasteiger partial charge on any atom is -0.457 e. The number of aromatic nitrogens is 2. The van der Waals surface area contributed by atoms with E-state index >= 15 is 0 Å². The van der Waals surface area contributed by atoms with E-state index < -0.39 is 23.6 Å². The van der Waals surface area contributed by atoms with Crippen LogP contribution in [0.15, 0.2) is 60.7 Å². The van der Waals surface area contributed by atoms with E-state index in [9.17, 15) is 22.8 Å². The Morgan fingerprint density at radius 1 is 1.09 bits per heavy atom. The Hall–Kier alpha value is -3.86. The molecule has 2 aromatic carbocycles. The third kappa shape index (κ3) is 4.23. The standard InChI is InChI=1S/C24H21F3N4O4/c25-24(26,27)22(33)35-31(23-11-10-15(23)13-28-14-23)21(32)19-12-18(29-30-19)17-8-4-5-9-20(17)34-16-6-2-1-3-7-16/h1-9,12,15,28H,10-11,13-14H2,(H,29,30). The molecule has 3 aromatic rings. The summed E-state index contributed by atoms with van der Waals surface area (Å²) < 4.78 is 44.9. The second kappa shape index (κ2) is 8.73. The first-order chi connectivity index (χ1) is 16.8. The molecule has 182 valence electrons. The number of amides is 1. The summed E-state index contributed by atoms with van der Waals surface area (Å²) in [5.74, 6) is -2.40. The quantitative estimate of drug-likeness (QED) is 0.528. The molecule has 0 bridgehead atoms. The van der Waals surface area contributed by atoms with Crippen LogP contribution in [0.2, 0.25) is 0 Å². The second-order valence-electron chi connectivity index (χ2n) is 8.52. The maximum Gasteiger partial charge on any atom is 0.493 e. The van der Waals surface area contributed by atoms with Gasteiger partial charge in [-0.1, -0.05) is 30.3 Å². The molecule has 1 saturated carbocycles. The molecule has 8 nitrogen and oxygen atoms in total. The van der Waals surface area contributed by atoms with Gasteiger partial charge in [0.15, 0.2) is 0 Å². The Morgan fingerprint density at radius 3 is 2.51 bits per heavy atom. The van der Waals surface area contributed by atoms with Gasteiger partial charge in [0.25, 0.3) is 0 Å². The summed E-state index contributed by atoms with van der Waals surface area (Å²) in [6.45, 7) is 0.745. The number of H-pyrrole nitrogens is 1. The number of hydroxylamine groups is 2. The first-order valence-electron chi connectivity index (χ1n) is 11.0. The molecule has 0 radical (unpaired) electrons. The Kier molecular flexibility index (Phi) is 5.72. The highest BCUT2D eigenvalue weighted by atomic mass is 19.4. The lowest BCUT2D eigenvalue weighted by atomic mass is 9.68. The molecule has 2 unspecified atom stereocenters. The summed E-state index contributed by atoms with van der Waals surface area (Å²) in [4.78, 5) is 29.7. The average Bonchev–Trinajstić information content (AvgIpc) is 3.43. The predicted molar refractivity (Wildman–Crippen MR) is 117 cm³/mol. The predicted octanol–water partition coefficient (Wildman–Crippen LogP) is 4.08. The molecule has 2 N–H and O–H groups in total. The van der Waals surface area contributed by atoms with Crippen LogP contribution >= 0.6 is 0 Å². The topological polar surface area (TPSA) is 96.6 Å². The Bertz CT molecular complexity index is 1250. The molecule has 2 heterocycles. The maximum atomic E-state index is 13.4. The molecule has 1 aliphatic carbocycles. The molecule has 1 saturated heterocycles. The zero-order valence-electron chi connectivity index (χ0n) is 18.3. The van der Waals surface area contributed by atoms with Gasteiger partial charge in [-0.25, -0.2) is 4.79 Å². The molecule has 2 fully saturated rings. The van der Waals surface area contributed by atoms with Crippen LogP contribution in [-0.4, -0.2) is 51.9 Å². The molecule has 35 heavy (non-hydrogen) atoms. The highest BCUT2D eigenvalue weighted by Crippen LogP contribution is 2.47. The lowest BCUT2D eigenvalue weighted by Gasteiger charge is -2.49. The lowest BCUT2D eigenvalue weighted by Crippen LogP contribution is -2.63. The van der Waals surface area contributed by atoms with Crippen molar-refractivity contribution >= 4 is 11.9 Å². The molecule has 1 aliphatic heterocycles. The van der Waals surface area contributed by atoms with Gasteiger partial charge in [-0.3, -0.25) is 9.89 Å². The van der Waals surface area contributed by atoms with E-state index in [-0.39, 0.29) is 18.2 Å². The molecule has 1 amide bonds. The van der Waals surface area contributed by atoms with Crippen LogP contribution in [0.4, 0.5) is 13.2 Å². The fourth-order valence-corrected chi connectivity index (χ4v) is 4.54.